The minimum Gasteiger partial charge on any atom is -0.390 e. The van der Waals surface area contributed by atoms with Crippen LogP contribution in [0.4, 0.5) is 13.2 Å². The van der Waals surface area contributed by atoms with Crippen molar-refractivity contribution in [2.45, 2.75) is 63.9 Å². The van der Waals surface area contributed by atoms with E-state index in [0.717, 1.165) is 29.5 Å². The predicted octanol–water partition coefficient (Wildman–Crippen LogP) is 2.74. The Morgan fingerprint density at radius 1 is 1.32 bits per heavy atom. The summed E-state index contributed by atoms with van der Waals surface area (Å²) < 4.78 is 44.9. The maximum Gasteiger partial charge on any atom is 0.408 e. The van der Waals surface area contributed by atoms with Crippen LogP contribution in [0.2, 0.25) is 0 Å². The highest BCUT2D eigenvalue weighted by Gasteiger charge is 2.37. The molecule has 1 aromatic heterocycles. The lowest BCUT2D eigenvalue weighted by atomic mass is 9.77. The molecule has 1 unspecified atom stereocenters. The van der Waals surface area contributed by atoms with Crippen LogP contribution in [0.25, 0.3) is 0 Å². The lowest BCUT2D eigenvalue weighted by Gasteiger charge is -2.41. The fraction of sp³-hybridized carbons (Fsp3) is 0.824. The fourth-order valence-corrected chi connectivity index (χ4v) is 3.87. The van der Waals surface area contributed by atoms with E-state index in [9.17, 15) is 18.3 Å². The minimum absolute atomic E-state index is 0.112. The molecule has 0 spiro atoms. The number of alkyl halides is 3. The van der Waals surface area contributed by atoms with Crippen LogP contribution in [0.5, 0.6) is 0 Å². The van der Waals surface area contributed by atoms with Gasteiger partial charge in [0.15, 0.2) is 0 Å². The number of aliphatic hydroxyl groups is 1. The van der Waals surface area contributed by atoms with Gasteiger partial charge in [0.25, 0.3) is 0 Å². The summed E-state index contributed by atoms with van der Waals surface area (Å²) in [5.74, 6) is 0. The molecule has 1 aliphatic carbocycles. The topological polar surface area (TPSA) is 50.5 Å². The van der Waals surface area contributed by atoms with Crippen LogP contribution in [0.15, 0.2) is 0 Å². The van der Waals surface area contributed by atoms with Gasteiger partial charge in [0.2, 0.25) is 0 Å². The van der Waals surface area contributed by atoms with Gasteiger partial charge in [-0.3, -0.25) is 9.58 Å². The van der Waals surface area contributed by atoms with E-state index in [1.165, 1.54) is 0 Å². The van der Waals surface area contributed by atoms with Gasteiger partial charge in [0, 0.05) is 24.3 Å². The zero-order valence-corrected chi connectivity index (χ0v) is 14.8. The molecule has 8 heteroatoms. The molecule has 0 aromatic carbocycles. The standard InChI is InChI=1S/C17H26F3N3O2/c1-12-15(13(2)23(21-12)11-17(18,19)20)14-10-25-9-8-22(14)7-6-16(24)4-3-5-16/h14,24H,3-11H2,1-2H3. The number of nitrogens with zero attached hydrogens (tertiary/aromatic N) is 3. The Bertz CT molecular complexity index is 611. The monoisotopic (exact) mass is 361 g/mol. The van der Waals surface area contributed by atoms with E-state index in [4.69, 9.17) is 4.74 Å². The molecule has 1 saturated carbocycles. The molecule has 1 aliphatic heterocycles. The normalized spacial score (nSPS) is 24.3. The van der Waals surface area contributed by atoms with E-state index in [1.54, 1.807) is 13.8 Å². The first-order chi connectivity index (χ1) is 11.7. The highest BCUT2D eigenvalue weighted by molar-refractivity contribution is 5.29. The molecule has 1 saturated heterocycles. The molecule has 5 nitrogen and oxygen atoms in total. The highest BCUT2D eigenvalue weighted by atomic mass is 19.4. The Kier molecular flexibility index (Phi) is 5.14. The van der Waals surface area contributed by atoms with E-state index in [-0.39, 0.29) is 6.04 Å². The van der Waals surface area contributed by atoms with Crippen molar-refractivity contribution in [1.29, 1.82) is 0 Å². The molecule has 0 radical (unpaired) electrons. The average Bonchev–Trinajstić information content (AvgIpc) is 2.76. The molecule has 1 aromatic rings. The third-order valence-corrected chi connectivity index (χ3v) is 5.49. The summed E-state index contributed by atoms with van der Waals surface area (Å²) in [5.41, 5.74) is 1.42. The number of rotatable bonds is 5. The Morgan fingerprint density at radius 3 is 2.64 bits per heavy atom. The molecule has 25 heavy (non-hydrogen) atoms. The first kappa shape index (κ1) is 18.7. The van der Waals surface area contributed by atoms with Gasteiger partial charge in [-0.05, 0) is 39.5 Å². The average molecular weight is 361 g/mol. The minimum atomic E-state index is -4.29. The van der Waals surface area contributed by atoms with E-state index in [1.807, 2.05) is 0 Å². The van der Waals surface area contributed by atoms with Crippen LogP contribution in [0.1, 0.15) is 48.7 Å². The molecule has 1 atom stereocenters. The molecule has 3 rings (SSSR count). The summed E-state index contributed by atoms with van der Waals surface area (Å²) in [5, 5.41) is 14.4. The van der Waals surface area contributed by atoms with Crippen molar-refractivity contribution in [1.82, 2.24) is 14.7 Å². The first-order valence-corrected chi connectivity index (χ1v) is 8.83. The number of aromatic nitrogens is 2. The van der Waals surface area contributed by atoms with Gasteiger partial charge >= 0.3 is 6.18 Å². The molecule has 2 heterocycles. The zero-order chi connectivity index (χ0) is 18.2. The summed E-state index contributed by atoms with van der Waals surface area (Å²) >= 11 is 0. The van der Waals surface area contributed by atoms with E-state index in [0.29, 0.717) is 44.1 Å². The maximum atomic E-state index is 12.8. The Hall–Kier alpha value is -1.12. The smallest absolute Gasteiger partial charge is 0.390 e. The van der Waals surface area contributed by atoms with Gasteiger partial charge in [-0.15, -0.1) is 0 Å². The Balaban J connectivity index is 1.77. The molecule has 142 valence electrons. The van der Waals surface area contributed by atoms with E-state index < -0.39 is 18.3 Å². The second-order valence-corrected chi connectivity index (χ2v) is 7.31. The summed E-state index contributed by atoms with van der Waals surface area (Å²) in [4.78, 5) is 2.22. The number of aryl methyl sites for hydroxylation is 1. The van der Waals surface area contributed by atoms with E-state index >= 15 is 0 Å². The molecule has 2 aliphatic rings. The summed E-state index contributed by atoms with van der Waals surface area (Å²) in [7, 11) is 0. The molecule has 0 amide bonds. The van der Waals surface area contributed by atoms with E-state index in [2.05, 4.69) is 10.00 Å². The predicted molar refractivity (Wildman–Crippen MR) is 86.3 cm³/mol. The lowest BCUT2D eigenvalue weighted by Crippen LogP contribution is -2.45. The van der Waals surface area contributed by atoms with Crippen molar-refractivity contribution >= 4 is 0 Å². The van der Waals surface area contributed by atoms with Crippen molar-refractivity contribution in [2.75, 3.05) is 26.3 Å². The SMILES string of the molecule is Cc1nn(CC(F)(F)F)c(C)c1C1COCCN1CCC1(O)CCC1. The van der Waals surface area contributed by atoms with Crippen LogP contribution in [0, 0.1) is 13.8 Å². The van der Waals surface area contributed by atoms with Crippen LogP contribution < -0.4 is 0 Å². The number of ether oxygens (including phenoxy) is 1. The number of hydrogen-bond donors (Lipinski definition) is 1. The van der Waals surface area contributed by atoms with Gasteiger partial charge in [-0.1, -0.05) is 0 Å². The second-order valence-electron chi connectivity index (χ2n) is 7.31. The molecule has 1 N–H and O–H groups in total. The third kappa shape index (κ3) is 4.17. The number of morpholine rings is 1. The quantitative estimate of drug-likeness (QED) is 0.876. The van der Waals surface area contributed by atoms with Gasteiger partial charge < -0.3 is 9.84 Å². The molecule has 0 bridgehead atoms. The van der Waals surface area contributed by atoms with Crippen molar-refractivity contribution in [3.05, 3.63) is 17.0 Å². The molecule has 2 fully saturated rings. The molecular formula is C17H26F3N3O2. The van der Waals surface area contributed by atoms with Gasteiger partial charge in [0.1, 0.15) is 6.54 Å². The van der Waals surface area contributed by atoms with Crippen LogP contribution in [0.3, 0.4) is 0 Å². The van der Waals surface area contributed by atoms with Crippen molar-refractivity contribution < 1.29 is 23.0 Å². The van der Waals surface area contributed by atoms with Crippen LogP contribution in [-0.2, 0) is 11.3 Å². The first-order valence-electron chi connectivity index (χ1n) is 8.83. The lowest BCUT2D eigenvalue weighted by molar-refractivity contribution is -0.143. The summed E-state index contributed by atoms with van der Waals surface area (Å²) in [6.07, 6.45) is -0.867. The second kappa shape index (κ2) is 6.89. The van der Waals surface area contributed by atoms with Crippen molar-refractivity contribution in [3.63, 3.8) is 0 Å². The van der Waals surface area contributed by atoms with Crippen LogP contribution in [-0.4, -0.2) is 57.9 Å². The summed E-state index contributed by atoms with van der Waals surface area (Å²) in [6, 6.07) is -0.112. The summed E-state index contributed by atoms with van der Waals surface area (Å²) in [6.45, 7) is 4.83. The van der Waals surface area contributed by atoms with Gasteiger partial charge in [-0.25, -0.2) is 0 Å². The van der Waals surface area contributed by atoms with Crippen LogP contribution >= 0.6 is 0 Å². The third-order valence-electron chi connectivity index (χ3n) is 5.49. The maximum absolute atomic E-state index is 12.8. The van der Waals surface area contributed by atoms with Gasteiger partial charge in [-0.2, -0.15) is 18.3 Å². The Morgan fingerprint density at radius 2 is 2.04 bits per heavy atom. The fourth-order valence-electron chi connectivity index (χ4n) is 3.87. The zero-order valence-electron chi connectivity index (χ0n) is 14.8. The highest BCUT2D eigenvalue weighted by Crippen LogP contribution is 2.36. The molecular weight excluding hydrogens is 335 g/mol. The number of halogens is 3. The Labute approximate surface area is 145 Å². The number of hydrogen-bond acceptors (Lipinski definition) is 4. The van der Waals surface area contributed by atoms with Gasteiger partial charge in [0.05, 0.1) is 30.6 Å². The van der Waals surface area contributed by atoms with Crippen molar-refractivity contribution in [2.24, 2.45) is 0 Å². The van der Waals surface area contributed by atoms with Crippen molar-refractivity contribution in [3.8, 4) is 0 Å². The largest absolute Gasteiger partial charge is 0.408 e.